The lowest BCUT2D eigenvalue weighted by Gasteiger charge is -2.20. The zero-order valence-corrected chi connectivity index (χ0v) is 11.4. The predicted octanol–water partition coefficient (Wildman–Crippen LogP) is 3.78. The normalized spacial score (nSPS) is 23.6. The van der Waals surface area contributed by atoms with Crippen molar-refractivity contribution in [2.45, 2.75) is 38.0 Å². The smallest absolute Gasteiger partial charge is 0.142 e. The summed E-state index contributed by atoms with van der Waals surface area (Å²) in [6.07, 6.45) is 2.29. The molecule has 0 aliphatic carbocycles. The second-order valence-electron chi connectivity index (χ2n) is 4.46. The van der Waals surface area contributed by atoms with E-state index in [1.165, 1.54) is 12.2 Å². The molecule has 1 aromatic rings. The summed E-state index contributed by atoms with van der Waals surface area (Å²) in [5.74, 6) is 2.25. The number of anilines is 1. The van der Waals surface area contributed by atoms with E-state index < -0.39 is 0 Å². The van der Waals surface area contributed by atoms with Crippen LogP contribution in [0, 0.1) is 0 Å². The summed E-state index contributed by atoms with van der Waals surface area (Å²) in [5.41, 5.74) is 1.14. The van der Waals surface area contributed by atoms with Crippen molar-refractivity contribution in [3.8, 4) is 5.75 Å². The standard InChI is InChI=1S/C14H21NOS/c1-3-9-16-14-7-5-4-6-13(14)15-12-8-10-17-11(12)2/h4-7,11-12,15H,3,8-10H2,1-2H3. The van der Waals surface area contributed by atoms with Gasteiger partial charge in [0.15, 0.2) is 0 Å². The molecule has 0 spiro atoms. The summed E-state index contributed by atoms with van der Waals surface area (Å²) in [4.78, 5) is 0. The molecule has 2 unspecified atom stereocenters. The quantitative estimate of drug-likeness (QED) is 0.860. The van der Waals surface area contributed by atoms with Crippen LogP contribution in [0.5, 0.6) is 5.75 Å². The minimum absolute atomic E-state index is 0.575. The topological polar surface area (TPSA) is 21.3 Å². The second-order valence-corrected chi connectivity index (χ2v) is 5.95. The van der Waals surface area contributed by atoms with Gasteiger partial charge in [-0.25, -0.2) is 0 Å². The second kappa shape index (κ2) is 6.20. The third-order valence-corrected chi connectivity index (χ3v) is 4.39. The van der Waals surface area contributed by atoms with Crippen LogP contribution in [-0.4, -0.2) is 23.7 Å². The third-order valence-electron chi connectivity index (χ3n) is 3.07. The molecular formula is C14H21NOS. The zero-order chi connectivity index (χ0) is 12.1. The molecule has 0 aromatic heterocycles. The average Bonchev–Trinajstić information content (AvgIpc) is 2.74. The Kier molecular flexibility index (Phi) is 4.60. The van der Waals surface area contributed by atoms with Gasteiger partial charge in [0.1, 0.15) is 5.75 Å². The molecule has 1 aliphatic heterocycles. The summed E-state index contributed by atoms with van der Waals surface area (Å²) in [6, 6.07) is 8.83. The van der Waals surface area contributed by atoms with Gasteiger partial charge in [0, 0.05) is 11.3 Å². The molecule has 0 amide bonds. The van der Waals surface area contributed by atoms with Crippen molar-refractivity contribution in [3.63, 3.8) is 0 Å². The molecule has 17 heavy (non-hydrogen) atoms. The van der Waals surface area contributed by atoms with Gasteiger partial charge in [-0.05, 0) is 30.7 Å². The number of hydrogen-bond acceptors (Lipinski definition) is 3. The van der Waals surface area contributed by atoms with Crippen molar-refractivity contribution >= 4 is 17.4 Å². The van der Waals surface area contributed by atoms with Gasteiger partial charge < -0.3 is 10.1 Å². The Morgan fingerprint density at radius 2 is 2.24 bits per heavy atom. The summed E-state index contributed by atoms with van der Waals surface area (Å²) in [6.45, 7) is 5.21. The minimum Gasteiger partial charge on any atom is -0.491 e. The van der Waals surface area contributed by atoms with Crippen LogP contribution in [0.15, 0.2) is 24.3 Å². The Labute approximate surface area is 108 Å². The fraction of sp³-hybridized carbons (Fsp3) is 0.571. The molecule has 2 nitrogen and oxygen atoms in total. The van der Waals surface area contributed by atoms with E-state index in [2.05, 4.69) is 31.3 Å². The first kappa shape index (κ1) is 12.6. The number of rotatable bonds is 5. The largest absolute Gasteiger partial charge is 0.491 e. The van der Waals surface area contributed by atoms with Crippen LogP contribution >= 0.6 is 11.8 Å². The summed E-state index contributed by atoms with van der Waals surface area (Å²) < 4.78 is 5.76. The van der Waals surface area contributed by atoms with Crippen LogP contribution in [0.4, 0.5) is 5.69 Å². The molecule has 2 rings (SSSR count). The lowest BCUT2D eigenvalue weighted by molar-refractivity contribution is 0.318. The number of benzene rings is 1. The van der Waals surface area contributed by atoms with Gasteiger partial charge >= 0.3 is 0 Å². The molecular weight excluding hydrogens is 230 g/mol. The molecule has 0 bridgehead atoms. The Balaban J connectivity index is 2.03. The summed E-state index contributed by atoms with van der Waals surface area (Å²) >= 11 is 2.04. The van der Waals surface area contributed by atoms with Gasteiger partial charge in [-0.1, -0.05) is 26.0 Å². The molecule has 0 saturated carbocycles. The predicted molar refractivity (Wildman–Crippen MR) is 76.2 cm³/mol. The molecule has 1 N–H and O–H groups in total. The van der Waals surface area contributed by atoms with Gasteiger partial charge in [-0.2, -0.15) is 11.8 Å². The number of thioether (sulfide) groups is 1. The number of hydrogen-bond donors (Lipinski definition) is 1. The summed E-state index contributed by atoms with van der Waals surface area (Å²) in [7, 11) is 0. The monoisotopic (exact) mass is 251 g/mol. The molecule has 1 aromatic carbocycles. The molecule has 2 atom stereocenters. The van der Waals surface area contributed by atoms with Crippen LogP contribution in [0.25, 0.3) is 0 Å². The van der Waals surface area contributed by atoms with Gasteiger partial charge in [-0.15, -0.1) is 0 Å². The fourth-order valence-electron chi connectivity index (χ4n) is 2.04. The van der Waals surface area contributed by atoms with Crippen molar-refractivity contribution in [2.75, 3.05) is 17.7 Å². The SMILES string of the molecule is CCCOc1ccccc1NC1CCSC1C. The van der Waals surface area contributed by atoms with Crippen LogP contribution in [0.1, 0.15) is 26.7 Å². The van der Waals surface area contributed by atoms with E-state index in [-0.39, 0.29) is 0 Å². The van der Waals surface area contributed by atoms with E-state index in [0.29, 0.717) is 11.3 Å². The highest BCUT2D eigenvalue weighted by atomic mass is 32.2. The maximum atomic E-state index is 5.76. The lowest BCUT2D eigenvalue weighted by Crippen LogP contribution is -2.25. The summed E-state index contributed by atoms with van der Waals surface area (Å²) in [5, 5.41) is 4.31. The van der Waals surface area contributed by atoms with Crippen LogP contribution in [-0.2, 0) is 0 Å². The van der Waals surface area contributed by atoms with Crippen LogP contribution in [0.3, 0.4) is 0 Å². The fourth-order valence-corrected chi connectivity index (χ4v) is 3.24. The Bertz CT molecular complexity index is 356. The molecule has 0 radical (unpaired) electrons. The number of para-hydroxylation sites is 2. The van der Waals surface area contributed by atoms with Gasteiger partial charge in [0.2, 0.25) is 0 Å². The molecule has 94 valence electrons. The molecule has 1 saturated heterocycles. The Hall–Kier alpha value is -0.830. The lowest BCUT2D eigenvalue weighted by atomic mass is 10.1. The van der Waals surface area contributed by atoms with Crippen molar-refractivity contribution in [1.82, 2.24) is 0 Å². The van der Waals surface area contributed by atoms with Gasteiger partial charge in [0.05, 0.1) is 12.3 Å². The van der Waals surface area contributed by atoms with Crippen molar-refractivity contribution < 1.29 is 4.74 Å². The van der Waals surface area contributed by atoms with E-state index in [9.17, 15) is 0 Å². The third kappa shape index (κ3) is 3.32. The first-order valence-corrected chi connectivity index (χ1v) is 7.46. The molecule has 1 heterocycles. The highest BCUT2D eigenvalue weighted by Crippen LogP contribution is 2.32. The van der Waals surface area contributed by atoms with E-state index in [4.69, 9.17) is 4.74 Å². The van der Waals surface area contributed by atoms with Crippen LogP contribution in [0.2, 0.25) is 0 Å². The van der Waals surface area contributed by atoms with Gasteiger partial charge in [0.25, 0.3) is 0 Å². The maximum Gasteiger partial charge on any atom is 0.142 e. The zero-order valence-electron chi connectivity index (χ0n) is 10.6. The minimum atomic E-state index is 0.575. The Morgan fingerprint density at radius 3 is 2.94 bits per heavy atom. The highest BCUT2D eigenvalue weighted by Gasteiger charge is 2.24. The number of nitrogens with one attached hydrogen (secondary N) is 1. The maximum absolute atomic E-state index is 5.76. The number of ether oxygens (including phenoxy) is 1. The first-order chi connectivity index (χ1) is 8.31. The van der Waals surface area contributed by atoms with Crippen molar-refractivity contribution in [2.24, 2.45) is 0 Å². The van der Waals surface area contributed by atoms with E-state index >= 15 is 0 Å². The van der Waals surface area contributed by atoms with E-state index in [1.54, 1.807) is 0 Å². The van der Waals surface area contributed by atoms with Crippen molar-refractivity contribution in [3.05, 3.63) is 24.3 Å². The van der Waals surface area contributed by atoms with Crippen LogP contribution < -0.4 is 10.1 Å². The highest BCUT2D eigenvalue weighted by molar-refractivity contribution is 8.00. The van der Waals surface area contributed by atoms with Crippen molar-refractivity contribution in [1.29, 1.82) is 0 Å². The van der Waals surface area contributed by atoms with E-state index in [1.807, 2.05) is 23.9 Å². The van der Waals surface area contributed by atoms with E-state index in [0.717, 1.165) is 24.5 Å². The first-order valence-electron chi connectivity index (χ1n) is 6.41. The average molecular weight is 251 g/mol. The van der Waals surface area contributed by atoms with Gasteiger partial charge in [-0.3, -0.25) is 0 Å². The molecule has 1 fully saturated rings. The molecule has 3 heteroatoms. The molecule has 1 aliphatic rings. The Morgan fingerprint density at radius 1 is 1.41 bits per heavy atom.